The molecule has 0 aliphatic carbocycles. The molecular weight excluding hydrogens is 184 g/mol. The maximum atomic E-state index is 11.2. The zero-order valence-corrected chi connectivity index (χ0v) is 7.78. The molecule has 76 valence electrons. The topological polar surface area (TPSA) is 101 Å². The monoisotopic (exact) mass is 196 g/mol. The predicted octanol–water partition coefficient (Wildman–Crippen LogP) is -0.554. The number of carbonyl (C=O) groups is 1. The second kappa shape index (κ2) is 4.52. The standard InChI is InChI=1S/C8H12N4O2/c1-5(9)4-8(14)10-6-2-3-7(13)12-11-6/h2-3,5H,4,9H2,1H3,(H,12,13)(H,10,11,14). The molecule has 6 nitrogen and oxygen atoms in total. The largest absolute Gasteiger partial charge is 0.327 e. The second-order valence-electron chi connectivity index (χ2n) is 3.04. The molecule has 0 radical (unpaired) electrons. The highest BCUT2D eigenvalue weighted by Crippen LogP contribution is 1.98. The van der Waals surface area contributed by atoms with E-state index in [-0.39, 0.29) is 23.9 Å². The third kappa shape index (κ3) is 3.36. The zero-order valence-electron chi connectivity index (χ0n) is 7.78. The fraction of sp³-hybridized carbons (Fsp3) is 0.375. The molecule has 0 bridgehead atoms. The first kappa shape index (κ1) is 10.4. The molecule has 0 saturated heterocycles. The molecule has 0 fully saturated rings. The van der Waals surface area contributed by atoms with Crippen molar-refractivity contribution >= 4 is 11.7 Å². The van der Waals surface area contributed by atoms with Gasteiger partial charge >= 0.3 is 0 Å². The van der Waals surface area contributed by atoms with Crippen molar-refractivity contribution in [2.75, 3.05) is 5.32 Å². The Balaban J connectivity index is 2.56. The molecule has 1 atom stereocenters. The Bertz CT molecular complexity index is 351. The van der Waals surface area contributed by atoms with E-state index in [4.69, 9.17) is 5.73 Å². The van der Waals surface area contributed by atoms with Gasteiger partial charge in [-0.15, -0.1) is 0 Å². The lowest BCUT2D eigenvalue weighted by atomic mass is 10.2. The average Bonchev–Trinajstić information content (AvgIpc) is 2.07. The van der Waals surface area contributed by atoms with E-state index >= 15 is 0 Å². The number of hydrogen-bond acceptors (Lipinski definition) is 4. The number of aromatic amines is 1. The number of nitrogens with zero attached hydrogens (tertiary/aromatic N) is 1. The van der Waals surface area contributed by atoms with E-state index < -0.39 is 0 Å². The number of amides is 1. The van der Waals surface area contributed by atoms with E-state index in [2.05, 4.69) is 15.5 Å². The number of nitrogens with one attached hydrogen (secondary N) is 2. The van der Waals surface area contributed by atoms with Crippen molar-refractivity contribution < 1.29 is 4.79 Å². The Morgan fingerprint density at radius 1 is 1.71 bits per heavy atom. The van der Waals surface area contributed by atoms with Gasteiger partial charge in [-0.1, -0.05) is 0 Å². The SMILES string of the molecule is CC(N)CC(=O)Nc1ccc(=O)[nH]n1. The first-order valence-corrected chi connectivity index (χ1v) is 4.19. The summed E-state index contributed by atoms with van der Waals surface area (Å²) in [6.45, 7) is 1.74. The third-order valence-electron chi connectivity index (χ3n) is 1.45. The molecule has 0 aliphatic heterocycles. The maximum absolute atomic E-state index is 11.2. The summed E-state index contributed by atoms with van der Waals surface area (Å²) in [6, 6.07) is 2.52. The molecule has 4 N–H and O–H groups in total. The van der Waals surface area contributed by atoms with Crippen molar-refractivity contribution in [3.8, 4) is 0 Å². The quantitative estimate of drug-likeness (QED) is 0.603. The summed E-state index contributed by atoms with van der Waals surface area (Å²) >= 11 is 0. The van der Waals surface area contributed by atoms with Gasteiger partial charge in [0, 0.05) is 18.5 Å². The Hall–Kier alpha value is -1.69. The van der Waals surface area contributed by atoms with Crippen LogP contribution in [0.2, 0.25) is 0 Å². The fourth-order valence-corrected chi connectivity index (χ4v) is 0.900. The van der Waals surface area contributed by atoms with E-state index in [9.17, 15) is 9.59 Å². The minimum absolute atomic E-state index is 0.197. The highest BCUT2D eigenvalue weighted by molar-refractivity contribution is 5.89. The number of hydrogen-bond donors (Lipinski definition) is 3. The summed E-state index contributed by atoms with van der Waals surface area (Å²) in [6.07, 6.45) is 0.223. The summed E-state index contributed by atoms with van der Waals surface area (Å²) < 4.78 is 0. The normalized spacial score (nSPS) is 12.1. The number of rotatable bonds is 3. The number of nitrogens with two attached hydrogens (primary N) is 1. The third-order valence-corrected chi connectivity index (χ3v) is 1.45. The molecule has 1 aromatic rings. The Kier molecular flexibility index (Phi) is 3.35. The van der Waals surface area contributed by atoms with Crippen LogP contribution < -0.4 is 16.6 Å². The zero-order chi connectivity index (χ0) is 10.6. The van der Waals surface area contributed by atoms with Gasteiger partial charge in [0.2, 0.25) is 5.91 Å². The smallest absolute Gasteiger partial charge is 0.264 e. The van der Waals surface area contributed by atoms with Crippen LogP contribution in [0.15, 0.2) is 16.9 Å². The molecule has 0 saturated carbocycles. The first-order valence-electron chi connectivity index (χ1n) is 4.19. The highest BCUT2D eigenvalue weighted by atomic mass is 16.2. The molecule has 1 heterocycles. The van der Waals surface area contributed by atoms with Crippen molar-refractivity contribution in [3.05, 3.63) is 22.5 Å². The van der Waals surface area contributed by atoms with Crippen LogP contribution in [0, 0.1) is 0 Å². The van der Waals surface area contributed by atoms with Gasteiger partial charge in [0.25, 0.3) is 5.56 Å². The minimum atomic E-state index is -0.310. The van der Waals surface area contributed by atoms with Crippen LogP contribution in [-0.4, -0.2) is 22.1 Å². The lowest BCUT2D eigenvalue weighted by molar-refractivity contribution is -0.116. The molecule has 14 heavy (non-hydrogen) atoms. The lowest BCUT2D eigenvalue weighted by Gasteiger charge is -2.05. The fourth-order valence-electron chi connectivity index (χ4n) is 0.900. The van der Waals surface area contributed by atoms with Gasteiger partial charge in [0.15, 0.2) is 5.82 Å². The number of H-pyrrole nitrogens is 1. The molecule has 1 rings (SSSR count). The number of anilines is 1. The predicted molar refractivity (Wildman–Crippen MR) is 51.8 cm³/mol. The van der Waals surface area contributed by atoms with E-state index in [0.29, 0.717) is 5.82 Å². The van der Waals surface area contributed by atoms with Crippen molar-refractivity contribution in [2.24, 2.45) is 5.73 Å². The average molecular weight is 196 g/mol. The van der Waals surface area contributed by atoms with Gasteiger partial charge in [-0.05, 0) is 13.0 Å². The minimum Gasteiger partial charge on any atom is -0.327 e. The van der Waals surface area contributed by atoms with Crippen molar-refractivity contribution in [3.63, 3.8) is 0 Å². The molecule has 1 aromatic heterocycles. The lowest BCUT2D eigenvalue weighted by Crippen LogP contribution is -2.24. The highest BCUT2D eigenvalue weighted by Gasteiger charge is 2.05. The Morgan fingerprint density at radius 3 is 2.93 bits per heavy atom. The molecule has 0 spiro atoms. The van der Waals surface area contributed by atoms with Gasteiger partial charge in [-0.3, -0.25) is 9.59 Å². The van der Waals surface area contributed by atoms with Crippen LogP contribution >= 0.6 is 0 Å². The molecular formula is C8H12N4O2. The Morgan fingerprint density at radius 2 is 2.43 bits per heavy atom. The van der Waals surface area contributed by atoms with Gasteiger partial charge in [0.1, 0.15) is 0 Å². The Labute approximate surface area is 80.5 Å². The van der Waals surface area contributed by atoms with Crippen LogP contribution in [0.25, 0.3) is 0 Å². The number of aromatic nitrogens is 2. The van der Waals surface area contributed by atoms with E-state index in [1.165, 1.54) is 12.1 Å². The van der Waals surface area contributed by atoms with Gasteiger partial charge in [0.05, 0.1) is 0 Å². The molecule has 0 aliphatic rings. The molecule has 6 heteroatoms. The van der Waals surface area contributed by atoms with E-state index in [0.717, 1.165) is 0 Å². The van der Waals surface area contributed by atoms with Crippen LogP contribution in [0.5, 0.6) is 0 Å². The van der Waals surface area contributed by atoms with Crippen LogP contribution in [0.3, 0.4) is 0 Å². The summed E-state index contributed by atoms with van der Waals surface area (Å²) in [5.41, 5.74) is 5.12. The van der Waals surface area contributed by atoms with Gasteiger partial charge in [-0.2, -0.15) is 5.10 Å². The van der Waals surface area contributed by atoms with E-state index in [1.807, 2.05) is 0 Å². The first-order chi connectivity index (χ1) is 6.58. The van der Waals surface area contributed by atoms with Crippen molar-refractivity contribution in [1.82, 2.24) is 10.2 Å². The summed E-state index contributed by atoms with van der Waals surface area (Å²) in [5, 5.41) is 8.32. The summed E-state index contributed by atoms with van der Waals surface area (Å²) in [4.78, 5) is 21.8. The van der Waals surface area contributed by atoms with Crippen molar-refractivity contribution in [2.45, 2.75) is 19.4 Å². The van der Waals surface area contributed by atoms with Gasteiger partial charge < -0.3 is 11.1 Å². The van der Waals surface area contributed by atoms with Gasteiger partial charge in [-0.25, -0.2) is 5.10 Å². The molecule has 1 amide bonds. The number of carbonyl (C=O) groups excluding carboxylic acids is 1. The van der Waals surface area contributed by atoms with Crippen LogP contribution in [0.4, 0.5) is 5.82 Å². The maximum Gasteiger partial charge on any atom is 0.264 e. The molecule has 0 aromatic carbocycles. The molecule has 1 unspecified atom stereocenters. The van der Waals surface area contributed by atoms with E-state index in [1.54, 1.807) is 6.92 Å². The van der Waals surface area contributed by atoms with Crippen molar-refractivity contribution in [1.29, 1.82) is 0 Å². The van der Waals surface area contributed by atoms with Crippen LogP contribution in [-0.2, 0) is 4.79 Å². The summed E-state index contributed by atoms with van der Waals surface area (Å²) in [7, 11) is 0. The van der Waals surface area contributed by atoms with Crippen LogP contribution in [0.1, 0.15) is 13.3 Å². The summed E-state index contributed by atoms with van der Waals surface area (Å²) in [5.74, 6) is 0.0924. The second-order valence-corrected chi connectivity index (χ2v) is 3.04.